The van der Waals surface area contributed by atoms with Gasteiger partial charge in [0.2, 0.25) is 0 Å². The standard InChI is InChI=1S/C16H19N3O2/c1-3-10-17-11-14-6-9-16(18-12(14)2)13-4-7-15(8-5-13)19(20)21/h4-9,17H,3,10-11H2,1-2H3. The van der Waals surface area contributed by atoms with E-state index >= 15 is 0 Å². The maximum Gasteiger partial charge on any atom is 0.269 e. The number of pyridine rings is 1. The molecule has 1 heterocycles. The van der Waals surface area contributed by atoms with Crippen LogP contribution in [0.1, 0.15) is 24.6 Å². The Balaban J connectivity index is 2.17. The molecule has 21 heavy (non-hydrogen) atoms. The lowest BCUT2D eigenvalue weighted by Gasteiger charge is -2.09. The lowest BCUT2D eigenvalue weighted by Crippen LogP contribution is -2.15. The number of hydrogen-bond donors (Lipinski definition) is 1. The molecule has 5 nitrogen and oxygen atoms in total. The first-order valence-corrected chi connectivity index (χ1v) is 7.04. The van der Waals surface area contributed by atoms with Gasteiger partial charge in [0.1, 0.15) is 0 Å². The van der Waals surface area contributed by atoms with E-state index in [9.17, 15) is 10.1 Å². The molecule has 0 unspecified atom stereocenters. The van der Waals surface area contributed by atoms with Crippen molar-refractivity contribution in [3.05, 3.63) is 57.8 Å². The van der Waals surface area contributed by atoms with Gasteiger partial charge in [-0.2, -0.15) is 0 Å². The molecule has 0 fully saturated rings. The van der Waals surface area contributed by atoms with E-state index < -0.39 is 4.92 Å². The summed E-state index contributed by atoms with van der Waals surface area (Å²) in [5, 5.41) is 14.0. The quantitative estimate of drug-likeness (QED) is 0.501. The molecule has 1 aromatic carbocycles. The smallest absolute Gasteiger partial charge is 0.269 e. The number of nitrogens with one attached hydrogen (secondary N) is 1. The van der Waals surface area contributed by atoms with Crippen molar-refractivity contribution >= 4 is 5.69 Å². The third-order valence-corrected chi connectivity index (χ3v) is 3.31. The van der Waals surface area contributed by atoms with E-state index in [4.69, 9.17) is 0 Å². The Kier molecular flexibility index (Phi) is 5.00. The van der Waals surface area contributed by atoms with Crippen molar-refractivity contribution in [1.82, 2.24) is 10.3 Å². The first-order valence-electron chi connectivity index (χ1n) is 7.04. The fourth-order valence-electron chi connectivity index (χ4n) is 2.09. The van der Waals surface area contributed by atoms with Crippen LogP contribution in [0.3, 0.4) is 0 Å². The highest BCUT2D eigenvalue weighted by Crippen LogP contribution is 2.22. The van der Waals surface area contributed by atoms with Crippen LogP contribution in [0.15, 0.2) is 36.4 Å². The molecule has 0 aliphatic rings. The highest BCUT2D eigenvalue weighted by molar-refractivity contribution is 5.61. The van der Waals surface area contributed by atoms with E-state index in [2.05, 4.69) is 23.3 Å². The van der Waals surface area contributed by atoms with Gasteiger partial charge >= 0.3 is 0 Å². The normalized spacial score (nSPS) is 10.6. The average Bonchev–Trinajstić information content (AvgIpc) is 2.49. The second-order valence-corrected chi connectivity index (χ2v) is 4.92. The lowest BCUT2D eigenvalue weighted by atomic mass is 10.1. The van der Waals surface area contributed by atoms with Crippen LogP contribution >= 0.6 is 0 Å². The highest BCUT2D eigenvalue weighted by Gasteiger charge is 2.07. The summed E-state index contributed by atoms with van der Waals surface area (Å²) in [5.74, 6) is 0. The number of rotatable bonds is 6. The number of aryl methyl sites for hydroxylation is 1. The minimum Gasteiger partial charge on any atom is -0.313 e. The number of nitrogens with zero attached hydrogens (tertiary/aromatic N) is 2. The maximum atomic E-state index is 10.7. The molecule has 1 aromatic heterocycles. The minimum atomic E-state index is -0.398. The molecule has 5 heteroatoms. The molecule has 110 valence electrons. The predicted molar refractivity (Wildman–Crippen MR) is 83.1 cm³/mol. The monoisotopic (exact) mass is 285 g/mol. The van der Waals surface area contributed by atoms with E-state index in [1.165, 1.54) is 17.7 Å². The van der Waals surface area contributed by atoms with Crippen LogP contribution in [0.25, 0.3) is 11.3 Å². The zero-order chi connectivity index (χ0) is 15.2. The molecule has 0 aliphatic heterocycles. The summed E-state index contributed by atoms with van der Waals surface area (Å²) in [6.07, 6.45) is 1.10. The van der Waals surface area contributed by atoms with Crippen molar-refractivity contribution in [2.75, 3.05) is 6.54 Å². The summed E-state index contributed by atoms with van der Waals surface area (Å²) in [4.78, 5) is 14.8. The number of non-ortho nitro benzene ring substituents is 1. The van der Waals surface area contributed by atoms with Gasteiger partial charge in [-0.25, -0.2) is 0 Å². The molecule has 2 aromatic rings. The molecule has 1 N–H and O–H groups in total. The van der Waals surface area contributed by atoms with Gasteiger partial charge in [-0.1, -0.05) is 13.0 Å². The number of aromatic nitrogens is 1. The maximum absolute atomic E-state index is 10.7. The first kappa shape index (κ1) is 15.1. The number of benzene rings is 1. The van der Waals surface area contributed by atoms with Crippen molar-refractivity contribution in [3.63, 3.8) is 0 Å². The summed E-state index contributed by atoms with van der Waals surface area (Å²) in [6.45, 7) is 5.92. The summed E-state index contributed by atoms with van der Waals surface area (Å²) in [5.41, 5.74) is 3.97. The van der Waals surface area contributed by atoms with Crippen molar-refractivity contribution in [2.45, 2.75) is 26.8 Å². The van der Waals surface area contributed by atoms with Crippen molar-refractivity contribution < 1.29 is 4.92 Å². The predicted octanol–water partition coefficient (Wildman–Crippen LogP) is 3.46. The number of hydrogen-bond acceptors (Lipinski definition) is 4. The van der Waals surface area contributed by atoms with Crippen LogP contribution in [-0.4, -0.2) is 16.5 Å². The molecule has 0 saturated heterocycles. The Labute approximate surface area is 124 Å². The molecule has 0 aliphatic carbocycles. The van der Waals surface area contributed by atoms with Gasteiger partial charge in [0, 0.05) is 29.9 Å². The molecule has 0 radical (unpaired) electrons. The SMILES string of the molecule is CCCNCc1ccc(-c2ccc([N+](=O)[O-])cc2)nc1C. The Bertz CT molecular complexity index is 624. The zero-order valence-electron chi connectivity index (χ0n) is 12.3. The topological polar surface area (TPSA) is 68.1 Å². The molecule has 0 atom stereocenters. The van der Waals surface area contributed by atoms with Crippen LogP contribution in [0, 0.1) is 17.0 Å². The Morgan fingerprint density at radius 2 is 1.90 bits per heavy atom. The van der Waals surface area contributed by atoms with Crippen LogP contribution in [0.4, 0.5) is 5.69 Å². The summed E-state index contributed by atoms with van der Waals surface area (Å²) in [6, 6.07) is 10.5. The van der Waals surface area contributed by atoms with Crippen LogP contribution in [0.2, 0.25) is 0 Å². The summed E-state index contributed by atoms with van der Waals surface area (Å²) in [7, 11) is 0. The molecular formula is C16H19N3O2. The van der Waals surface area contributed by atoms with E-state index in [0.29, 0.717) is 0 Å². The van der Waals surface area contributed by atoms with Gasteiger partial charge in [0.15, 0.2) is 0 Å². The molecule has 0 spiro atoms. The van der Waals surface area contributed by atoms with Gasteiger partial charge in [-0.05, 0) is 43.7 Å². The van der Waals surface area contributed by atoms with E-state index in [1.807, 2.05) is 13.0 Å². The van der Waals surface area contributed by atoms with Crippen LogP contribution in [0.5, 0.6) is 0 Å². The van der Waals surface area contributed by atoms with Crippen molar-refractivity contribution in [2.24, 2.45) is 0 Å². The Hall–Kier alpha value is -2.27. The Morgan fingerprint density at radius 1 is 1.19 bits per heavy atom. The fraction of sp³-hybridized carbons (Fsp3) is 0.312. The second kappa shape index (κ2) is 6.95. The summed E-state index contributed by atoms with van der Waals surface area (Å²) < 4.78 is 0. The molecule has 0 amide bonds. The Morgan fingerprint density at radius 3 is 2.48 bits per heavy atom. The van der Waals surface area contributed by atoms with E-state index in [1.54, 1.807) is 12.1 Å². The second-order valence-electron chi connectivity index (χ2n) is 4.92. The van der Waals surface area contributed by atoms with Crippen molar-refractivity contribution in [3.8, 4) is 11.3 Å². The molecular weight excluding hydrogens is 266 g/mol. The average molecular weight is 285 g/mol. The van der Waals surface area contributed by atoms with Crippen molar-refractivity contribution in [1.29, 1.82) is 0 Å². The van der Waals surface area contributed by atoms with Gasteiger partial charge in [0.25, 0.3) is 5.69 Å². The molecule has 0 saturated carbocycles. The molecule has 0 bridgehead atoms. The van der Waals surface area contributed by atoms with Gasteiger partial charge in [0.05, 0.1) is 10.6 Å². The van der Waals surface area contributed by atoms with E-state index in [-0.39, 0.29) is 5.69 Å². The minimum absolute atomic E-state index is 0.0934. The third kappa shape index (κ3) is 3.86. The lowest BCUT2D eigenvalue weighted by molar-refractivity contribution is -0.384. The number of nitro groups is 1. The summed E-state index contributed by atoms with van der Waals surface area (Å²) >= 11 is 0. The highest BCUT2D eigenvalue weighted by atomic mass is 16.6. The van der Waals surface area contributed by atoms with Gasteiger partial charge < -0.3 is 5.32 Å². The number of nitro benzene ring substituents is 1. The first-order chi connectivity index (χ1) is 10.1. The van der Waals surface area contributed by atoms with Crippen LogP contribution in [-0.2, 0) is 6.54 Å². The fourth-order valence-corrected chi connectivity index (χ4v) is 2.09. The zero-order valence-corrected chi connectivity index (χ0v) is 12.3. The third-order valence-electron chi connectivity index (χ3n) is 3.31. The van der Waals surface area contributed by atoms with Gasteiger partial charge in [-0.15, -0.1) is 0 Å². The molecule has 2 rings (SSSR count). The van der Waals surface area contributed by atoms with Gasteiger partial charge in [-0.3, -0.25) is 15.1 Å². The van der Waals surface area contributed by atoms with E-state index in [0.717, 1.165) is 36.5 Å². The largest absolute Gasteiger partial charge is 0.313 e. The van der Waals surface area contributed by atoms with Crippen LogP contribution < -0.4 is 5.32 Å².